The first-order chi connectivity index (χ1) is 9.20. The van der Waals surface area contributed by atoms with Crippen molar-refractivity contribution >= 4 is 6.09 Å². The number of nitrogens with zero attached hydrogens (tertiary/aromatic N) is 2. The maximum atomic E-state index is 12.1. The monoisotopic (exact) mass is 287 g/mol. The average molecular weight is 287 g/mol. The zero-order chi connectivity index (χ0) is 15.4. The molecule has 0 aliphatic carbocycles. The van der Waals surface area contributed by atoms with Crippen molar-refractivity contribution in [1.29, 1.82) is 0 Å². The highest BCUT2D eigenvalue weighted by atomic mass is 16.6. The second-order valence-corrected chi connectivity index (χ2v) is 6.38. The smallest absolute Gasteiger partial charge is 0.410 e. The van der Waals surface area contributed by atoms with Crippen molar-refractivity contribution in [2.75, 3.05) is 19.6 Å². The predicted octanol–water partition coefficient (Wildman–Crippen LogP) is 1.77. The van der Waals surface area contributed by atoms with Crippen LogP contribution in [0.5, 0.6) is 0 Å². The van der Waals surface area contributed by atoms with Gasteiger partial charge in [-0.05, 0) is 40.2 Å². The fraction of sp³-hybridized carbons (Fsp3) is 0.923. The minimum Gasteiger partial charge on any atom is -0.444 e. The van der Waals surface area contributed by atoms with Gasteiger partial charge in [0.1, 0.15) is 5.60 Å². The molecule has 0 saturated carbocycles. The zero-order valence-electron chi connectivity index (χ0n) is 12.6. The minimum atomic E-state index is -1.07. The lowest BCUT2D eigenvalue weighted by Crippen LogP contribution is -2.55. The van der Waals surface area contributed by atoms with Crippen LogP contribution in [0.25, 0.3) is 0 Å². The molecule has 1 heterocycles. The Kier molecular flexibility index (Phi) is 5.33. The van der Waals surface area contributed by atoms with Gasteiger partial charge in [-0.1, -0.05) is 0 Å². The van der Waals surface area contributed by atoms with E-state index in [0.717, 1.165) is 0 Å². The molecule has 7 heteroatoms. The quantitative estimate of drug-likeness (QED) is 0.627. The van der Waals surface area contributed by atoms with E-state index in [1.807, 2.05) is 0 Å². The Morgan fingerprint density at radius 1 is 1.50 bits per heavy atom. The lowest BCUT2D eigenvalue weighted by molar-refractivity contribution is -0.575. The van der Waals surface area contributed by atoms with Gasteiger partial charge in [0.15, 0.2) is 0 Å². The van der Waals surface area contributed by atoms with Crippen LogP contribution in [0, 0.1) is 10.1 Å². The summed E-state index contributed by atoms with van der Waals surface area (Å²) in [7, 11) is 0. The topological polar surface area (TPSA) is 98.7 Å². The molecule has 1 amide bonds. The Bertz CT molecular complexity index is 367. The molecule has 1 saturated heterocycles. The second-order valence-electron chi connectivity index (χ2n) is 6.38. The first-order valence-electron chi connectivity index (χ1n) is 7.03. The Morgan fingerprint density at radius 2 is 2.15 bits per heavy atom. The lowest BCUT2D eigenvalue weighted by atomic mass is 9.85. The van der Waals surface area contributed by atoms with Crippen molar-refractivity contribution in [3.8, 4) is 0 Å². The molecule has 20 heavy (non-hydrogen) atoms. The van der Waals surface area contributed by atoms with Crippen LogP contribution in [0.1, 0.15) is 46.5 Å². The molecule has 0 aromatic rings. The van der Waals surface area contributed by atoms with E-state index in [0.29, 0.717) is 38.8 Å². The fourth-order valence-electron chi connectivity index (χ4n) is 2.47. The van der Waals surface area contributed by atoms with Gasteiger partial charge in [0.2, 0.25) is 5.54 Å². The molecular weight excluding hydrogens is 262 g/mol. The molecule has 7 nitrogen and oxygen atoms in total. The van der Waals surface area contributed by atoms with Crippen LogP contribution in [-0.4, -0.2) is 46.7 Å². The Balaban J connectivity index is 2.77. The van der Waals surface area contributed by atoms with Gasteiger partial charge >= 0.3 is 6.09 Å². The summed E-state index contributed by atoms with van der Waals surface area (Å²) in [5.74, 6) is 0. The third-order valence-corrected chi connectivity index (χ3v) is 3.44. The van der Waals surface area contributed by atoms with E-state index in [-0.39, 0.29) is 11.5 Å². The Morgan fingerprint density at radius 3 is 2.65 bits per heavy atom. The lowest BCUT2D eigenvalue weighted by Gasteiger charge is -2.37. The van der Waals surface area contributed by atoms with Gasteiger partial charge in [0.25, 0.3) is 0 Å². The minimum absolute atomic E-state index is 0.106. The molecule has 116 valence electrons. The number of carbonyl (C=O) groups is 1. The molecule has 1 atom stereocenters. The van der Waals surface area contributed by atoms with Crippen LogP contribution in [0.3, 0.4) is 0 Å². The van der Waals surface area contributed by atoms with Gasteiger partial charge in [-0.25, -0.2) is 4.79 Å². The van der Waals surface area contributed by atoms with E-state index in [4.69, 9.17) is 10.5 Å². The van der Waals surface area contributed by atoms with Crippen LogP contribution in [0.2, 0.25) is 0 Å². The number of nitrogens with two attached hydrogens (primary N) is 1. The molecule has 1 fully saturated rings. The van der Waals surface area contributed by atoms with E-state index in [1.54, 1.807) is 20.8 Å². The number of hydrogen-bond donors (Lipinski definition) is 1. The molecule has 1 aliphatic rings. The normalized spacial score (nSPS) is 23.5. The summed E-state index contributed by atoms with van der Waals surface area (Å²) >= 11 is 0. The summed E-state index contributed by atoms with van der Waals surface area (Å²) < 4.78 is 5.29. The number of likely N-dealkylation sites (tertiary alicyclic amines) is 1. The van der Waals surface area contributed by atoms with Crippen LogP contribution in [-0.2, 0) is 4.74 Å². The SMILES string of the molecule is CC(C)(C)OC(=O)N1CCCC(CCCN)([N+](=O)[O-])C1. The van der Waals surface area contributed by atoms with E-state index in [1.165, 1.54) is 4.90 Å². The summed E-state index contributed by atoms with van der Waals surface area (Å²) in [5.41, 5.74) is 3.79. The summed E-state index contributed by atoms with van der Waals surface area (Å²) in [5, 5.41) is 11.4. The highest BCUT2D eigenvalue weighted by molar-refractivity contribution is 5.68. The molecule has 1 unspecified atom stereocenters. The molecule has 0 spiro atoms. The summed E-state index contributed by atoms with van der Waals surface area (Å²) in [4.78, 5) is 24.7. The number of ether oxygens (including phenoxy) is 1. The number of carbonyl (C=O) groups excluding carboxylic acids is 1. The van der Waals surface area contributed by atoms with Gasteiger partial charge in [0.05, 0.1) is 6.54 Å². The van der Waals surface area contributed by atoms with E-state index >= 15 is 0 Å². The van der Waals surface area contributed by atoms with Crippen molar-refractivity contribution in [3.05, 3.63) is 10.1 Å². The molecule has 1 aliphatic heterocycles. The Labute approximate surface area is 119 Å². The molecule has 0 bridgehead atoms. The summed E-state index contributed by atoms with van der Waals surface area (Å²) in [6.07, 6.45) is 1.61. The van der Waals surface area contributed by atoms with Crippen LogP contribution in [0.15, 0.2) is 0 Å². The number of rotatable bonds is 4. The number of piperidine rings is 1. The first kappa shape index (κ1) is 16.7. The molecular formula is C13H25N3O4. The predicted molar refractivity (Wildman–Crippen MR) is 75.1 cm³/mol. The largest absolute Gasteiger partial charge is 0.444 e. The van der Waals surface area contributed by atoms with Gasteiger partial charge < -0.3 is 15.4 Å². The summed E-state index contributed by atoms with van der Waals surface area (Å²) in [6.45, 7) is 6.38. The fourth-order valence-corrected chi connectivity index (χ4v) is 2.47. The molecule has 0 aromatic carbocycles. The maximum absolute atomic E-state index is 12.1. The zero-order valence-corrected chi connectivity index (χ0v) is 12.6. The van der Waals surface area contributed by atoms with Gasteiger partial charge in [-0.3, -0.25) is 10.1 Å². The van der Waals surface area contributed by atoms with E-state index in [9.17, 15) is 14.9 Å². The molecule has 1 rings (SSSR count). The number of hydrogen-bond acceptors (Lipinski definition) is 5. The number of nitro groups is 1. The van der Waals surface area contributed by atoms with Crippen molar-refractivity contribution in [3.63, 3.8) is 0 Å². The van der Waals surface area contributed by atoms with Crippen LogP contribution in [0.4, 0.5) is 4.79 Å². The standard InChI is InChI=1S/C13H25N3O4/c1-12(2,3)20-11(17)15-9-5-7-13(10-15,16(18)19)6-4-8-14/h4-10,14H2,1-3H3. The van der Waals surface area contributed by atoms with Crippen LogP contribution < -0.4 is 5.73 Å². The van der Waals surface area contributed by atoms with Crippen LogP contribution >= 0.6 is 0 Å². The third-order valence-electron chi connectivity index (χ3n) is 3.44. The van der Waals surface area contributed by atoms with Gasteiger partial charge in [-0.15, -0.1) is 0 Å². The highest BCUT2D eigenvalue weighted by Crippen LogP contribution is 2.29. The highest BCUT2D eigenvalue weighted by Gasteiger charge is 2.47. The van der Waals surface area contributed by atoms with Crippen molar-refractivity contribution in [2.24, 2.45) is 5.73 Å². The van der Waals surface area contributed by atoms with Crippen molar-refractivity contribution in [1.82, 2.24) is 4.90 Å². The van der Waals surface area contributed by atoms with Gasteiger partial charge in [-0.2, -0.15) is 0 Å². The Hall–Kier alpha value is -1.37. The van der Waals surface area contributed by atoms with E-state index in [2.05, 4.69) is 0 Å². The maximum Gasteiger partial charge on any atom is 0.410 e. The first-order valence-corrected chi connectivity index (χ1v) is 7.03. The van der Waals surface area contributed by atoms with Crippen molar-refractivity contribution < 1.29 is 14.5 Å². The van der Waals surface area contributed by atoms with E-state index < -0.39 is 17.2 Å². The summed E-state index contributed by atoms with van der Waals surface area (Å²) in [6, 6.07) is 0. The van der Waals surface area contributed by atoms with Crippen molar-refractivity contribution in [2.45, 2.75) is 57.6 Å². The van der Waals surface area contributed by atoms with Gasteiger partial charge in [0, 0.05) is 24.3 Å². The molecule has 2 N–H and O–H groups in total. The molecule has 0 aromatic heterocycles. The molecule has 0 radical (unpaired) electrons. The average Bonchev–Trinajstić information content (AvgIpc) is 2.34. The third kappa shape index (κ3) is 4.33. The number of amides is 1. The second kappa shape index (κ2) is 6.39.